The fraction of sp³-hybridized carbons (Fsp3) is 0.740. The molecule has 0 radical (unpaired) electrons. The molecule has 0 spiro atoms. The van der Waals surface area contributed by atoms with E-state index in [0.29, 0.717) is 17.4 Å². The van der Waals surface area contributed by atoms with Crippen LogP contribution in [-0.4, -0.2) is 74.3 Å². The van der Waals surface area contributed by atoms with Gasteiger partial charge in [0, 0.05) is 12.8 Å². The van der Waals surface area contributed by atoms with Gasteiger partial charge in [-0.3, -0.25) is 18.6 Å². The third-order valence-electron chi connectivity index (χ3n) is 15.7. The molecular formula is C77H138N2O7P+. The van der Waals surface area contributed by atoms with Gasteiger partial charge in [0.15, 0.2) is 0 Å². The van der Waals surface area contributed by atoms with Crippen LogP contribution in [0.4, 0.5) is 0 Å². The zero-order valence-corrected chi connectivity index (χ0v) is 58.4. The number of phosphoric ester groups is 1. The molecule has 0 aliphatic heterocycles. The number of carbonyl (C=O) groups excluding carboxylic acids is 2. The minimum atomic E-state index is -4.47. The standard InChI is InChI=1S/C77H137N2O7P/c1-7-10-13-16-19-22-25-28-30-32-34-36-38-39-41-43-45-47-49-52-55-58-61-64-67-70-77(81)86-75(68-65-62-59-56-53-50-27-24-21-18-15-12-9-3)74(73-85-87(82,83)84-72-71-79(4,5)6)78-76(80)69-66-63-60-57-54-51-48-46-44-42-40-37-35-33-31-29-26-23-20-17-14-11-8-2/h10,13,19-20,22-23,28-31,34-37,39,41,65,68,74-75H,7-9,11-12,14-18,21,24-27,32-33,38,40,42-64,66-67,69-73H2,1-6H3,(H-,78,80,82,83)/p+1/b13-10-,22-19-,23-20-,30-28-,31-29-,36-34-,37-35-,41-39-,68-65+. The summed E-state index contributed by atoms with van der Waals surface area (Å²) in [6.07, 6.45) is 90.9. The Bertz CT molecular complexity index is 1860. The Balaban J connectivity index is 5.12. The second kappa shape index (κ2) is 65.6. The molecule has 0 heterocycles. The monoisotopic (exact) mass is 1230 g/mol. The van der Waals surface area contributed by atoms with Gasteiger partial charge in [-0.1, -0.05) is 297 Å². The largest absolute Gasteiger partial charge is 0.472 e. The van der Waals surface area contributed by atoms with Crippen molar-refractivity contribution in [1.29, 1.82) is 0 Å². The number of rotatable bonds is 65. The number of allylic oxidation sites excluding steroid dienone is 17. The summed E-state index contributed by atoms with van der Waals surface area (Å²) in [7, 11) is 1.48. The molecule has 0 rings (SSSR count). The molecule has 3 atom stereocenters. The summed E-state index contributed by atoms with van der Waals surface area (Å²) in [5.41, 5.74) is 0. The quantitative estimate of drug-likeness (QED) is 0.0205. The number of hydrogen-bond donors (Lipinski definition) is 2. The van der Waals surface area contributed by atoms with Crippen LogP contribution in [0.3, 0.4) is 0 Å². The molecule has 0 aromatic heterocycles. The van der Waals surface area contributed by atoms with E-state index < -0.39 is 20.0 Å². The Hall–Kier alpha value is -3.33. The molecule has 502 valence electrons. The lowest BCUT2D eigenvalue weighted by Gasteiger charge is -2.27. The van der Waals surface area contributed by atoms with Crippen molar-refractivity contribution in [1.82, 2.24) is 5.32 Å². The van der Waals surface area contributed by atoms with E-state index in [1.807, 2.05) is 33.3 Å². The molecule has 0 saturated carbocycles. The van der Waals surface area contributed by atoms with Crippen molar-refractivity contribution in [3.63, 3.8) is 0 Å². The van der Waals surface area contributed by atoms with E-state index in [1.54, 1.807) is 0 Å². The van der Waals surface area contributed by atoms with Gasteiger partial charge in [-0.15, -0.1) is 0 Å². The zero-order chi connectivity index (χ0) is 63.5. The smallest absolute Gasteiger partial charge is 0.456 e. The summed E-state index contributed by atoms with van der Waals surface area (Å²) in [6, 6.07) is -0.861. The molecule has 3 unspecified atom stereocenters. The van der Waals surface area contributed by atoms with Crippen LogP contribution in [0.15, 0.2) is 109 Å². The third-order valence-corrected chi connectivity index (χ3v) is 16.7. The molecule has 1 amide bonds. The van der Waals surface area contributed by atoms with Crippen molar-refractivity contribution in [2.45, 2.75) is 328 Å². The minimum absolute atomic E-state index is 0.0341. The van der Waals surface area contributed by atoms with Gasteiger partial charge >= 0.3 is 13.8 Å². The van der Waals surface area contributed by atoms with E-state index in [0.717, 1.165) is 128 Å². The maximum absolute atomic E-state index is 13.6. The summed E-state index contributed by atoms with van der Waals surface area (Å²) >= 11 is 0. The number of esters is 1. The maximum Gasteiger partial charge on any atom is 0.472 e. The van der Waals surface area contributed by atoms with Crippen molar-refractivity contribution in [2.75, 3.05) is 40.9 Å². The first-order valence-electron chi connectivity index (χ1n) is 36.2. The van der Waals surface area contributed by atoms with Crippen LogP contribution in [0.2, 0.25) is 0 Å². The van der Waals surface area contributed by atoms with Crippen molar-refractivity contribution in [2.24, 2.45) is 0 Å². The van der Waals surface area contributed by atoms with Gasteiger partial charge in [0.05, 0.1) is 33.8 Å². The predicted octanol–water partition coefficient (Wildman–Crippen LogP) is 23.2. The van der Waals surface area contributed by atoms with Crippen molar-refractivity contribution < 1.29 is 37.3 Å². The van der Waals surface area contributed by atoms with Gasteiger partial charge < -0.3 is 19.4 Å². The van der Waals surface area contributed by atoms with Gasteiger partial charge in [0.2, 0.25) is 5.91 Å². The van der Waals surface area contributed by atoms with Crippen molar-refractivity contribution >= 4 is 19.7 Å². The molecule has 10 heteroatoms. The number of hydrogen-bond acceptors (Lipinski definition) is 6. The van der Waals surface area contributed by atoms with Gasteiger partial charge in [0.25, 0.3) is 0 Å². The van der Waals surface area contributed by atoms with Crippen LogP contribution in [0.25, 0.3) is 0 Å². The van der Waals surface area contributed by atoms with Gasteiger partial charge in [0.1, 0.15) is 19.3 Å². The van der Waals surface area contributed by atoms with Gasteiger partial charge in [-0.05, 0) is 115 Å². The third kappa shape index (κ3) is 66.9. The summed E-state index contributed by atoms with van der Waals surface area (Å²) in [5.74, 6) is -0.514. The van der Waals surface area contributed by atoms with E-state index in [1.165, 1.54) is 154 Å². The van der Waals surface area contributed by atoms with E-state index in [9.17, 15) is 19.0 Å². The zero-order valence-electron chi connectivity index (χ0n) is 57.5. The highest BCUT2D eigenvalue weighted by Gasteiger charge is 2.30. The molecule has 0 aromatic carbocycles. The van der Waals surface area contributed by atoms with Crippen LogP contribution in [-0.2, 0) is 27.9 Å². The number of carbonyl (C=O) groups is 2. The number of ether oxygens (including phenoxy) is 1. The van der Waals surface area contributed by atoms with Crippen LogP contribution < -0.4 is 5.32 Å². The second-order valence-electron chi connectivity index (χ2n) is 25.4. The Kier molecular flexibility index (Phi) is 63.1. The molecule has 0 aromatic rings. The van der Waals surface area contributed by atoms with E-state index >= 15 is 0 Å². The lowest BCUT2D eigenvalue weighted by molar-refractivity contribution is -0.870. The molecular weight excluding hydrogens is 1100 g/mol. The number of unbranched alkanes of at least 4 members (excludes halogenated alkanes) is 33. The minimum Gasteiger partial charge on any atom is -0.456 e. The Morgan fingerprint density at radius 3 is 1.13 bits per heavy atom. The summed E-state index contributed by atoms with van der Waals surface area (Å²) in [4.78, 5) is 38.0. The number of amides is 1. The molecule has 0 aliphatic carbocycles. The highest BCUT2D eigenvalue weighted by molar-refractivity contribution is 7.47. The topological polar surface area (TPSA) is 111 Å². The van der Waals surface area contributed by atoms with E-state index in [4.69, 9.17) is 13.8 Å². The number of nitrogens with zero attached hydrogens (tertiary/aromatic N) is 1. The average molecular weight is 1230 g/mol. The Morgan fingerprint density at radius 1 is 0.414 bits per heavy atom. The maximum atomic E-state index is 13.6. The highest BCUT2D eigenvalue weighted by atomic mass is 31.2. The van der Waals surface area contributed by atoms with Crippen LogP contribution in [0, 0.1) is 0 Å². The molecule has 87 heavy (non-hydrogen) atoms. The van der Waals surface area contributed by atoms with E-state index in [2.05, 4.69) is 123 Å². The van der Waals surface area contributed by atoms with Gasteiger partial charge in [-0.2, -0.15) is 0 Å². The average Bonchev–Trinajstić information content (AvgIpc) is 3.70. The van der Waals surface area contributed by atoms with E-state index in [-0.39, 0.29) is 31.5 Å². The molecule has 9 nitrogen and oxygen atoms in total. The second-order valence-corrected chi connectivity index (χ2v) is 26.8. The lowest BCUT2D eigenvalue weighted by Crippen LogP contribution is -2.47. The first-order valence-corrected chi connectivity index (χ1v) is 37.7. The molecule has 0 fully saturated rings. The number of likely N-dealkylation sites (N-methyl/N-ethyl adjacent to an activating group) is 1. The van der Waals surface area contributed by atoms with Crippen LogP contribution in [0.1, 0.15) is 316 Å². The lowest BCUT2D eigenvalue weighted by atomic mass is 10.0. The van der Waals surface area contributed by atoms with Crippen molar-refractivity contribution in [3.05, 3.63) is 109 Å². The summed E-state index contributed by atoms with van der Waals surface area (Å²) in [5, 5.41) is 3.07. The SMILES string of the molecule is CC/C=C\C/C=C\C/C=C\C/C=C\C/C=C\CCCCCCCCCCCC(=O)OC(/C=C/CCCCCCCCCCCCC)C(COP(=O)(O)OCC[N+](C)(C)C)NC(=O)CCCCCCCCCCCC/C=C\C/C=C\C/C=C\CCCCC. The van der Waals surface area contributed by atoms with Crippen LogP contribution in [0.5, 0.6) is 0 Å². The molecule has 0 aliphatic rings. The number of nitrogens with one attached hydrogen (secondary N) is 1. The first kappa shape index (κ1) is 83.7. The fourth-order valence-corrected chi connectivity index (χ4v) is 10.9. The highest BCUT2D eigenvalue weighted by Crippen LogP contribution is 2.43. The normalized spacial score (nSPS) is 14.1. The van der Waals surface area contributed by atoms with Gasteiger partial charge in [-0.25, -0.2) is 4.57 Å². The molecule has 2 N–H and O–H groups in total. The Labute approximate surface area is 538 Å². The fourth-order valence-electron chi connectivity index (χ4n) is 10.2. The summed E-state index contributed by atoms with van der Waals surface area (Å²) < 4.78 is 30.9. The Morgan fingerprint density at radius 2 is 0.736 bits per heavy atom. The predicted molar refractivity (Wildman–Crippen MR) is 378 cm³/mol. The number of phosphoric acid groups is 1. The number of quaternary nitrogens is 1. The first-order chi connectivity index (χ1) is 42.4. The van der Waals surface area contributed by atoms with Crippen molar-refractivity contribution in [3.8, 4) is 0 Å². The molecule has 0 saturated heterocycles. The summed E-state index contributed by atoms with van der Waals surface area (Å²) in [6.45, 7) is 6.89. The molecule has 0 bridgehead atoms. The van der Waals surface area contributed by atoms with Crippen LogP contribution >= 0.6 is 7.82 Å².